The van der Waals surface area contributed by atoms with Crippen LogP contribution >= 0.6 is 0 Å². The predicted octanol–water partition coefficient (Wildman–Crippen LogP) is 1.83. The Hall–Kier alpha value is -2.31. The minimum absolute atomic E-state index is 0.0565. The van der Waals surface area contributed by atoms with Gasteiger partial charge in [-0.05, 0) is 25.0 Å². The number of benzene rings is 1. The van der Waals surface area contributed by atoms with E-state index in [1.165, 1.54) is 12.1 Å². The first-order valence-electron chi connectivity index (χ1n) is 6.05. The Kier molecular flexibility index (Phi) is 3.84. The molecule has 0 bridgehead atoms. The first kappa shape index (κ1) is 13.1. The van der Waals surface area contributed by atoms with Crippen molar-refractivity contribution in [3.63, 3.8) is 0 Å². The van der Waals surface area contributed by atoms with Gasteiger partial charge in [0.1, 0.15) is 0 Å². The number of nitro groups is 1. The van der Waals surface area contributed by atoms with E-state index >= 15 is 0 Å². The molecule has 7 nitrogen and oxygen atoms in total. The van der Waals surface area contributed by atoms with Gasteiger partial charge >= 0.3 is 6.09 Å². The molecule has 1 aliphatic heterocycles. The molecule has 1 heterocycles. The number of hydrogen-bond donors (Lipinski definition) is 2. The minimum atomic E-state index is -1.02. The lowest BCUT2D eigenvalue weighted by atomic mass is 10.1. The number of hydrogen-bond acceptors (Lipinski definition) is 4. The van der Waals surface area contributed by atoms with Crippen molar-refractivity contribution in [1.29, 1.82) is 0 Å². The molecule has 19 heavy (non-hydrogen) atoms. The van der Waals surface area contributed by atoms with Gasteiger partial charge in [0.05, 0.1) is 4.92 Å². The van der Waals surface area contributed by atoms with Crippen molar-refractivity contribution in [2.45, 2.75) is 18.9 Å². The molecule has 0 saturated carbocycles. The number of nitrogens with zero attached hydrogens (tertiary/aromatic N) is 2. The van der Waals surface area contributed by atoms with Gasteiger partial charge < -0.3 is 15.3 Å². The maximum absolute atomic E-state index is 10.6. The topological polar surface area (TPSA) is 95.7 Å². The summed E-state index contributed by atoms with van der Waals surface area (Å²) in [7, 11) is 0. The van der Waals surface area contributed by atoms with Crippen LogP contribution in [0.1, 0.15) is 12.8 Å². The number of rotatable bonds is 3. The maximum Gasteiger partial charge on any atom is 0.404 e. The molecule has 0 aliphatic carbocycles. The third-order valence-electron chi connectivity index (χ3n) is 3.17. The fraction of sp³-hybridized carbons (Fsp3) is 0.417. The van der Waals surface area contributed by atoms with Gasteiger partial charge in [0.25, 0.3) is 5.69 Å². The van der Waals surface area contributed by atoms with Crippen LogP contribution in [0.3, 0.4) is 0 Å². The van der Waals surface area contributed by atoms with E-state index in [0.29, 0.717) is 6.54 Å². The summed E-state index contributed by atoms with van der Waals surface area (Å²) in [6.07, 6.45) is 0.688. The van der Waals surface area contributed by atoms with Crippen LogP contribution in [0.5, 0.6) is 0 Å². The van der Waals surface area contributed by atoms with Crippen LogP contribution in [-0.4, -0.2) is 35.3 Å². The second-order valence-corrected chi connectivity index (χ2v) is 4.51. The minimum Gasteiger partial charge on any atom is -0.465 e. The Morgan fingerprint density at radius 3 is 2.68 bits per heavy atom. The predicted molar refractivity (Wildman–Crippen MR) is 69.5 cm³/mol. The zero-order valence-electron chi connectivity index (χ0n) is 10.3. The van der Waals surface area contributed by atoms with Crippen molar-refractivity contribution in [1.82, 2.24) is 5.32 Å². The van der Waals surface area contributed by atoms with E-state index in [4.69, 9.17) is 5.11 Å². The Morgan fingerprint density at radius 2 is 2.11 bits per heavy atom. The third kappa shape index (κ3) is 3.34. The van der Waals surface area contributed by atoms with Gasteiger partial charge in [0, 0.05) is 37.0 Å². The Bertz CT molecular complexity index is 474. The van der Waals surface area contributed by atoms with Crippen molar-refractivity contribution >= 4 is 17.5 Å². The molecule has 0 aromatic heterocycles. The molecule has 102 valence electrons. The summed E-state index contributed by atoms with van der Waals surface area (Å²) < 4.78 is 0. The highest BCUT2D eigenvalue weighted by atomic mass is 16.6. The summed E-state index contributed by atoms with van der Waals surface area (Å²) in [6, 6.07) is 6.22. The van der Waals surface area contributed by atoms with Crippen molar-refractivity contribution in [2.24, 2.45) is 0 Å². The monoisotopic (exact) mass is 265 g/mol. The van der Waals surface area contributed by atoms with Crippen molar-refractivity contribution in [2.75, 3.05) is 18.0 Å². The van der Waals surface area contributed by atoms with Crippen molar-refractivity contribution in [3.8, 4) is 0 Å². The molecule has 0 radical (unpaired) electrons. The molecule has 0 spiro atoms. The fourth-order valence-corrected chi connectivity index (χ4v) is 2.29. The molecule has 1 atom stereocenters. The smallest absolute Gasteiger partial charge is 0.404 e. The zero-order chi connectivity index (χ0) is 13.8. The first-order valence-corrected chi connectivity index (χ1v) is 6.05. The summed E-state index contributed by atoms with van der Waals surface area (Å²) in [6.45, 7) is 1.42. The number of nitro benzene ring substituents is 1. The molecule has 1 aromatic rings. The Labute approximate surface area is 110 Å². The molecule has 1 amide bonds. The largest absolute Gasteiger partial charge is 0.465 e. The van der Waals surface area contributed by atoms with Gasteiger partial charge in [0.2, 0.25) is 0 Å². The molecule has 1 aliphatic rings. The fourth-order valence-electron chi connectivity index (χ4n) is 2.29. The molecule has 2 rings (SSSR count). The average molecular weight is 265 g/mol. The number of anilines is 1. The SMILES string of the molecule is O=C(O)NC1CCCN(c2ccc([N+](=O)[O-])cc2)C1. The van der Waals surface area contributed by atoms with Crippen LogP contribution in [0.25, 0.3) is 0 Å². The van der Waals surface area contributed by atoms with Crippen LogP contribution in [0.15, 0.2) is 24.3 Å². The number of piperidine rings is 1. The summed E-state index contributed by atoms with van der Waals surface area (Å²) in [5.74, 6) is 0. The molecular weight excluding hydrogens is 250 g/mol. The first-order chi connectivity index (χ1) is 9.06. The number of nitrogens with one attached hydrogen (secondary N) is 1. The summed E-state index contributed by atoms with van der Waals surface area (Å²) in [4.78, 5) is 22.8. The Balaban J connectivity index is 2.04. The van der Waals surface area contributed by atoms with E-state index in [0.717, 1.165) is 25.1 Å². The van der Waals surface area contributed by atoms with Gasteiger partial charge in [-0.2, -0.15) is 0 Å². The quantitative estimate of drug-likeness (QED) is 0.642. The van der Waals surface area contributed by atoms with E-state index in [1.807, 2.05) is 4.90 Å². The number of amides is 1. The van der Waals surface area contributed by atoms with Crippen LogP contribution in [0.4, 0.5) is 16.2 Å². The van der Waals surface area contributed by atoms with Crippen LogP contribution < -0.4 is 10.2 Å². The normalized spacial score (nSPS) is 18.9. The average Bonchev–Trinajstić information content (AvgIpc) is 2.38. The van der Waals surface area contributed by atoms with Gasteiger partial charge in [-0.1, -0.05) is 0 Å². The van der Waals surface area contributed by atoms with E-state index in [9.17, 15) is 14.9 Å². The molecule has 1 aromatic carbocycles. The van der Waals surface area contributed by atoms with Gasteiger partial charge in [0.15, 0.2) is 0 Å². The van der Waals surface area contributed by atoms with Crippen LogP contribution in [0, 0.1) is 10.1 Å². The third-order valence-corrected chi connectivity index (χ3v) is 3.17. The standard InChI is InChI=1S/C12H15N3O4/c16-12(17)13-9-2-1-7-14(8-9)10-3-5-11(6-4-10)15(18)19/h3-6,9,13H,1-2,7-8H2,(H,16,17). The van der Waals surface area contributed by atoms with Crippen LogP contribution in [0.2, 0.25) is 0 Å². The molecular formula is C12H15N3O4. The molecule has 1 unspecified atom stereocenters. The van der Waals surface area contributed by atoms with E-state index in [1.54, 1.807) is 12.1 Å². The number of carboxylic acid groups (broad SMARTS) is 1. The summed E-state index contributed by atoms with van der Waals surface area (Å²) in [5.41, 5.74) is 0.934. The van der Waals surface area contributed by atoms with Gasteiger partial charge in [-0.15, -0.1) is 0 Å². The molecule has 2 N–H and O–H groups in total. The van der Waals surface area contributed by atoms with E-state index in [-0.39, 0.29) is 11.7 Å². The van der Waals surface area contributed by atoms with Crippen molar-refractivity contribution < 1.29 is 14.8 Å². The summed E-state index contributed by atoms with van der Waals surface area (Å²) in [5, 5.41) is 21.8. The summed E-state index contributed by atoms with van der Waals surface area (Å²) >= 11 is 0. The molecule has 7 heteroatoms. The van der Waals surface area contributed by atoms with E-state index in [2.05, 4.69) is 5.32 Å². The maximum atomic E-state index is 10.6. The second kappa shape index (κ2) is 5.55. The van der Waals surface area contributed by atoms with Gasteiger partial charge in [-0.25, -0.2) is 4.79 Å². The number of carbonyl (C=O) groups is 1. The zero-order valence-corrected chi connectivity index (χ0v) is 10.3. The highest BCUT2D eigenvalue weighted by molar-refractivity contribution is 5.65. The van der Waals surface area contributed by atoms with Gasteiger partial charge in [-0.3, -0.25) is 10.1 Å². The highest BCUT2D eigenvalue weighted by Gasteiger charge is 2.21. The van der Waals surface area contributed by atoms with Crippen LogP contribution in [-0.2, 0) is 0 Å². The highest BCUT2D eigenvalue weighted by Crippen LogP contribution is 2.22. The Morgan fingerprint density at radius 1 is 1.42 bits per heavy atom. The lowest BCUT2D eigenvalue weighted by Gasteiger charge is -2.34. The molecule has 1 fully saturated rings. The molecule has 1 saturated heterocycles. The van der Waals surface area contributed by atoms with Crippen molar-refractivity contribution in [3.05, 3.63) is 34.4 Å². The second-order valence-electron chi connectivity index (χ2n) is 4.51. The lowest BCUT2D eigenvalue weighted by Crippen LogP contribution is -2.47. The van der Waals surface area contributed by atoms with E-state index < -0.39 is 11.0 Å². The lowest BCUT2D eigenvalue weighted by molar-refractivity contribution is -0.384. The number of non-ortho nitro benzene ring substituents is 1.